The molecule has 0 amide bonds. The van der Waals surface area contributed by atoms with E-state index in [-0.39, 0.29) is 30.0 Å². The van der Waals surface area contributed by atoms with E-state index >= 15 is 0 Å². The molecule has 0 aromatic rings. The molecule has 0 bridgehead atoms. The summed E-state index contributed by atoms with van der Waals surface area (Å²) in [5.41, 5.74) is 0.0574. The Kier molecular flexibility index (Phi) is 6.89. The standard InChI is InChI=1S/C13H27N3O3S.ClH/c1-11-8-16(9-12(2)19-11)20(17,18)15-10-13(3)4-6-14-7-5-13;/h11-12,14-15H,4-10H2,1-3H3;1H. The molecule has 0 aromatic heterocycles. The molecule has 2 atom stereocenters. The second-order valence-corrected chi connectivity index (χ2v) is 8.22. The zero-order valence-electron chi connectivity index (χ0n) is 13.1. The minimum absolute atomic E-state index is 0. The molecule has 2 aliphatic heterocycles. The molecule has 8 heteroatoms. The third kappa shape index (κ3) is 5.33. The predicted octanol–water partition coefficient (Wildman–Crippen LogP) is 0.742. The van der Waals surface area contributed by atoms with E-state index in [1.165, 1.54) is 4.31 Å². The summed E-state index contributed by atoms with van der Waals surface area (Å²) in [5, 5.41) is 3.31. The second-order valence-electron chi connectivity index (χ2n) is 6.46. The van der Waals surface area contributed by atoms with Crippen molar-refractivity contribution in [3.05, 3.63) is 0 Å². The summed E-state index contributed by atoms with van der Waals surface area (Å²) in [6, 6.07) is 0. The number of halogens is 1. The Bertz CT molecular complexity index is 416. The Morgan fingerprint density at radius 1 is 1.24 bits per heavy atom. The van der Waals surface area contributed by atoms with Gasteiger partial charge in [0.1, 0.15) is 0 Å². The van der Waals surface area contributed by atoms with Crippen LogP contribution in [0.4, 0.5) is 0 Å². The average Bonchev–Trinajstić information content (AvgIpc) is 2.37. The molecule has 2 saturated heterocycles. The van der Waals surface area contributed by atoms with Crippen molar-refractivity contribution in [2.45, 2.75) is 45.8 Å². The van der Waals surface area contributed by atoms with Gasteiger partial charge in [-0.2, -0.15) is 12.7 Å². The minimum Gasteiger partial charge on any atom is -0.373 e. The third-order valence-electron chi connectivity index (χ3n) is 4.22. The van der Waals surface area contributed by atoms with Crippen LogP contribution < -0.4 is 10.0 Å². The van der Waals surface area contributed by atoms with Crippen molar-refractivity contribution in [2.24, 2.45) is 5.41 Å². The number of ether oxygens (including phenoxy) is 1. The third-order valence-corrected chi connectivity index (χ3v) is 5.71. The number of hydrogen-bond donors (Lipinski definition) is 2. The first-order valence-corrected chi connectivity index (χ1v) is 8.86. The summed E-state index contributed by atoms with van der Waals surface area (Å²) in [5.74, 6) is 0. The topological polar surface area (TPSA) is 70.7 Å². The van der Waals surface area contributed by atoms with Crippen molar-refractivity contribution >= 4 is 22.6 Å². The lowest BCUT2D eigenvalue weighted by Gasteiger charge is -2.37. The van der Waals surface area contributed by atoms with Crippen molar-refractivity contribution < 1.29 is 13.2 Å². The molecular formula is C13H28ClN3O3S. The summed E-state index contributed by atoms with van der Waals surface area (Å²) in [6.07, 6.45) is 1.91. The van der Waals surface area contributed by atoms with Crippen LogP contribution in [0, 0.1) is 5.41 Å². The van der Waals surface area contributed by atoms with E-state index in [1.807, 2.05) is 13.8 Å². The van der Waals surface area contributed by atoms with Gasteiger partial charge >= 0.3 is 0 Å². The molecule has 2 unspecified atom stereocenters. The van der Waals surface area contributed by atoms with Gasteiger partial charge in [0.25, 0.3) is 10.2 Å². The second kappa shape index (κ2) is 7.57. The molecule has 6 nitrogen and oxygen atoms in total. The van der Waals surface area contributed by atoms with Crippen LogP contribution in [0.25, 0.3) is 0 Å². The van der Waals surface area contributed by atoms with Gasteiger partial charge in [-0.25, -0.2) is 4.72 Å². The van der Waals surface area contributed by atoms with E-state index in [0.717, 1.165) is 25.9 Å². The Morgan fingerprint density at radius 3 is 2.29 bits per heavy atom. The van der Waals surface area contributed by atoms with Gasteiger partial charge in [0.2, 0.25) is 0 Å². The lowest BCUT2D eigenvalue weighted by Crippen LogP contribution is -2.53. The monoisotopic (exact) mass is 341 g/mol. The van der Waals surface area contributed by atoms with Gasteiger partial charge in [-0.05, 0) is 45.2 Å². The molecule has 2 rings (SSSR count). The summed E-state index contributed by atoms with van der Waals surface area (Å²) >= 11 is 0. The fraction of sp³-hybridized carbons (Fsp3) is 1.00. The molecule has 2 heterocycles. The van der Waals surface area contributed by atoms with Gasteiger partial charge < -0.3 is 10.1 Å². The van der Waals surface area contributed by atoms with Gasteiger partial charge in [-0.3, -0.25) is 0 Å². The van der Waals surface area contributed by atoms with Crippen LogP contribution in [0.1, 0.15) is 33.6 Å². The van der Waals surface area contributed by atoms with Crippen molar-refractivity contribution in [3.63, 3.8) is 0 Å². The van der Waals surface area contributed by atoms with Gasteiger partial charge in [0, 0.05) is 19.6 Å². The smallest absolute Gasteiger partial charge is 0.279 e. The Hall–Kier alpha value is 0.0800. The van der Waals surface area contributed by atoms with E-state index in [4.69, 9.17) is 4.74 Å². The van der Waals surface area contributed by atoms with E-state index in [1.54, 1.807) is 0 Å². The maximum atomic E-state index is 12.4. The molecule has 0 aromatic carbocycles. The first-order valence-electron chi connectivity index (χ1n) is 7.42. The molecule has 2 N–H and O–H groups in total. The highest BCUT2D eigenvalue weighted by Crippen LogP contribution is 2.27. The van der Waals surface area contributed by atoms with Crippen LogP contribution in [0.2, 0.25) is 0 Å². The van der Waals surface area contributed by atoms with Crippen molar-refractivity contribution in [1.29, 1.82) is 0 Å². The number of nitrogens with zero attached hydrogens (tertiary/aromatic N) is 1. The lowest BCUT2D eigenvalue weighted by molar-refractivity contribution is -0.0444. The van der Waals surface area contributed by atoms with Crippen LogP contribution in [-0.2, 0) is 14.9 Å². The molecule has 0 saturated carbocycles. The Morgan fingerprint density at radius 2 is 1.76 bits per heavy atom. The van der Waals surface area contributed by atoms with Gasteiger partial charge in [-0.15, -0.1) is 12.4 Å². The minimum atomic E-state index is -3.40. The van der Waals surface area contributed by atoms with E-state index in [9.17, 15) is 8.42 Å². The predicted molar refractivity (Wildman–Crippen MR) is 86.0 cm³/mol. The fourth-order valence-corrected chi connectivity index (χ4v) is 4.42. The highest BCUT2D eigenvalue weighted by atomic mass is 35.5. The van der Waals surface area contributed by atoms with Crippen LogP contribution >= 0.6 is 12.4 Å². The molecular weight excluding hydrogens is 314 g/mol. The number of hydrogen-bond acceptors (Lipinski definition) is 4. The molecule has 2 aliphatic rings. The van der Waals surface area contributed by atoms with Gasteiger partial charge in [-0.1, -0.05) is 6.92 Å². The zero-order valence-corrected chi connectivity index (χ0v) is 14.7. The fourth-order valence-electron chi connectivity index (χ4n) is 2.89. The number of rotatable bonds is 4. The first kappa shape index (κ1) is 19.1. The summed E-state index contributed by atoms with van der Waals surface area (Å²) in [6.45, 7) is 9.26. The van der Waals surface area contributed by atoms with E-state index < -0.39 is 10.2 Å². The summed E-state index contributed by atoms with van der Waals surface area (Å²) < 4.78 is 34.7. The van der Waals surface area contributed by atoms with Gasteiger partial charge in [0.05, 0.1) is 12.2 Å². The Labute approximate surface area is 134 Å². The number of nitrogens with one attached hydrogen (secondary N) is 2. The van der Waals surface area contributed by atoms with E-state index in [0.29, 0.717) is 19.6 Å². The normalized spacial score (nSPS) is 30.6. The highest BCUT2D eigenvalue weighted by molar-refractivity contribution is 7.87. The maximum absolute atomic E-state index is 12.4. The van der Waals surface area contributed by atoms with Gasteiger partial charge in [0.15, 0.2) is 0 Å². The zero-order chi connectivity index (χ0) is 14.8. The van der Waals surface area contributed by atoms with E-state index in [2.05, 4.69) is 17.0 Å². The Balaban J connectivity index is 0.00000220. The lowest BCUT2D eigenvalue weighted by atomic mass is 9.81. The van der Waals surface area contributed by atoms with Crippen LogP contribution in [0.5, 0.6) is 0 Å². The summed E-state index contributed by atoms with van der Waals surface area (Å²) in [4.78, 5) is 0. The van der Waals surface area contributed by atoms with Crippen LogP contribution in [0.15, 0.2) is 0 Å². The molecule has 2 fully saturated rings. The quantitative estimate of drug-likeness (QED) is 0.791. The van der Waals surface area contributed by atoms with Crippen molar-refractivity contribution in [1.82, 2.24) is 14.3 Å². The number of morpholine rings is 1. The van der Waals surface area contributed by atoms with Crippen molar-refractivity contribution in [2.75, 3.05) is 32.7 Å². The van der Waals surface area contributed by atoms with Crippen LogP contribution in [0.3, 0.4) is 0 Å². The first-order chi connectivity index (χ1) is 9.31. The summed E-state index contributed by atoms with van der Waals surface area (Å²) in [7, 11) is -3.40. The largest absolute Gasteiger partial charge is 0.373 e. The van der Waals surface area contributed by atoms with Crippen molar-refractivity contribution in [3.8, 4) is 0 Å². The SMILES string of the molecule is CC1CN(S(=O)(=O)NCC2(C)CCNCC2)CC(C)O1.Cl. The average molecular weight is 342 g/mol. The molecule has 126 valence electrons. The molecule has 0 spiro atoms. The molecule has 21 heavy (non-hydrogen) atoms. The highest BCUT2D eigenvalue weighted by Gasteiger charge is 2.33. The van der Waals surface area contributed by atoms with Crippen LogP contribution in [-0.4, -0.2) is 57.7 Å². The molecule has 0 radical (unpaired) electrons. The molecule has 0 aliphatic carbocycles. The maximum Gasteiger partial charge on any atom is 0.279 e. The number of piperidine rings is 1.